The maximum Gasteiger partial charge on any atom is 0.227 e. The summed E-state index contributed by atoms with van der Waals surface area (Å²) in [7, 11) is 0. The average Bonchev–Trinajstić information content (AvgIpc) is 2.72. The van der Waals surface area contributed by atoms with E-state index in [9.17, 15) is 4.79 Å². The molecule has 0 radical (unpaired) electrons. The lowest BCUT2D eigenvalue weighted by Gasteiger charge is -2.16. The summed E-state index contributed by atoms with van der Waals surface area (Å²) in [6.45, 7) is 1.45. The molecule has 0 bridgehead atoms. The molecule has 3 nitrogen and oxygen atoms in total. The standard InChI is InChI=1S/C13H18N2OS/c14-6-5-10-1-3-12(4-2-10)15-8-11(9-17)7-13(15)16/h1-4,11,17H,5-9,14H2. The van der Waals surface area contributed by atoms with Crippen LogP contribution in [-0.4, -0.2) is 24.7 Å². The molecule has 1 unspecified atom stereocenters. The molecule has 1 heterocycles. The number of hydrogen-bond donors (Lipinski definition) is 2. The predicted molar refractivity (Wildman–Crippen MR) is 73.5 cm³/mol. The number of nitrogens with two attached hydrogens (primary N) is 1. The molecular formula is C13H18N2OS. The third-order valence-electron chi connectivity index (χ3n) is 3.14. The molecule has 1 atom stereocenters. The van der Waals surface area contributed by atoms with Crippen LogP contribution in [0.5, 0.6) is 0 Å². The van der Waals surface area contributed by atoms with E-state index in [-0.39, 0.29) is 5.91 Å². The molecule has 1 aliphatic heterocycles. The minimum absolute atomic E-state index is 0.204. The van der Waals surface area contributed by atoms with E-state index in [0.29, 0.717) is 18.9 Å². The Balaban J connectivity index is 2.09. The van der Waals surface area contributed by atoms with Crippen LogP contribution in [-0.2, 0) is 11.2 Å². The Morgan fingerprint density at radius 3 is 2.59 bits per heavy atom. The Bertz CT molecular complexity index is 391. The van der Waals surface area contributed by atoms with Crippen LogP contribution >= 0.6 is 12.6 Å². The molecule has 1 saturated heterocycles. The zero-order valence-electron chi connectivity index (χ0n) is 9.80. The Kier molecular flexibility index (Phi) is 4.07. The van der Waals surface area contributed by atoms with Crippen LogP contribution in [0, 0.1) is 5.92 Å². The summed E-state index contributed by atoms with van der Waals surface area (Å²) in [5, 5.41) is 0. The van der Waals surface area contributed by atoms with Gasteiger partial charge in [0.15, 0.2) is 0 Å². The van der Waals surface area contributed by atoms with Gasteiger partial charge in [-0.2, -0.15) is 12.6 Å². The number of carbonyl (C=O) groups is 1. The van der Waals surface area contributed by atoms with Gasteiger partial charge in [-0.1, -0.05) is 12.1 Å². The number of anilines is 1. The normalized spacial score (nSPS) is 20.0. The van der Waals surface area contributed by atoms with E-state index < -0.39 is 0 Å². The van der Waals surface area contributed by atoms with E-state index in [0.717, 1.165) is 24.4 Å². The summed E-state index contributed by atoms with van der Waals surface area (Å²) in [5.41, 5.74) is 7.71. The average molecular weight is 250 g/mol. The number of nitrogens with zero attached hydrogens (tertiary/aromatic N) is 1. The fourth-order valence-corrected chi connectivity index (χ4v) is 2.41. The van der Waals surface area contributed by atoms with Crippen LogP contribution in [0.2, 0.25) is 0 Å². The molecule has 2 N–H and O–H groups in total. The number of rotatable bonds is 4. The van der Waals surface area contributed by atoms with Crippen molar-refractivity contribution in [1.82, 2.24) is 0 Å². The molecule has 2 rings (SSSR count). The van der Waals surface area contributed by atoms with E-state index in [1.165, 1.54) is 5.56 Å². The lowest BCUT2D eigenvalue weighted by molar-refractivity contribution is -0.117. The summed E-state index contributed by atoms with van der Waals surface area (Å²) in [6.07, 6.45) is 1.50. The molecule has 0 aromatic heterocycles. The van der Waals surface area contributed by atoms with Gasteiger partial charge in [0, 0.05) is 18.7 Å². The van der Waals surface area contributed by atoms with Crippen molar-refractivity contribution in [3.05, 3.63) is 29.8 Å². The van der Waals surface area contributed by atoms with Crippen molar-refractivity contribution >= 4 is 24.2 Å². The van der Waals surface area contributed by atoms with Gasteiger partial charge in [-0.25, -0.2) is 0 Å². The summed E-state index contributed by atoms with van der Waals surface area (Å²) < 4.78 is 0. The fraction of sp³-hybridized carbons (Fsp3) is 0.462. The zero-order chi connectivity index (χ0) is 12.3. The van der Waals surface area contributed by atoms with Crippen LogP contribution in [0.1, 0.15) is 12.0 Å². The second kappa shape index (κ2) is 5.56. The summed E-state index contributed by atoms with van der Waals surface area (Å²) in [5.74, 6) is 1.36. The first-order valence-corrected chi connectivity index (χ1v) is 6.58. The highest BCUT2D eigenvalue weighted by Gasteiger charge is 2.29. The highest BCUT2D eigenvalue weighted by Crippen LogP contribution is 2.25. The lowest BCUT2D eigenvalue weighted by atomic mass is 10.1. The first kappa shape index (κ1) is 12.5. The minimum atomic E-state index is 0.204. The third kappa shape index (κ3) is 2.82. The second-order valence-electron chi connectivity index (χ2n) is 4.46. The number of thiol groups is 1. The molecule has 0 spiro atoms. The lowest BCUT2D eigenvalue weighted by Crippen LogP contribution is -2.24. The first-order valence-electron chi connectivity index (χ1n) is 5.95. The molecule has 0 saturated carbocycles. The first-order chi connectivity index (χ1) is 8.24. The van der Waals surface area contributed by atoms with Crippen molar-refractivity contribution < 1.29 is 4.79 Å². The van der Waals surface area contributed by atoms with E-state index in [1.807, 2.05) is 29.2 Å². The molecule has 1 amide bonds. The van der Waals surface area contributed by atoms with Gasteiger partial charge in [0.2, 0.25) is 5.91 Å². The SMILES string of the molecule is NCCc1ccc(N2CC(CS)CC2=O)cc1. The van der Waals surface area contributed by atoms with E-state index in [1.54, 1.807) is 0 Å². The van der Waals surface area contributed by atoms with E-state index in [2.05, 4.69) is 12.6 Å². The molecular weight excluding hydrogens is 232 g/mol. The molecule has 1 aromatic rings. The third-order valence-corrected chi connectivity index (χ3v) is 3.66. The molecule has 1 aromatic carbocycles. The van der Waals surface area contributed by atoms with Crippen molar-refractivity contribution in [3.8, 4) is 0 Å². The summed E-state index contributed by atoms with van der Waals surface area (Å²) in [6, 6.07) is 8.10. The molecule has 92 valence electrons. The van der Waals surface area contributed by atoms with E-state index in [4.69, 9.17) is 5.73 Å². The van der Waals surface area contributed by atoms with Crippen molar-refractivity contribution in [2.45, 2.75) is 12.8 Å². The maximum absolute atomic E-state index is 11.8. The van der Waals surface area contributed by atoms with Crippen molar-refractivity contribution in [3.63, 3.8) is 0 Å². The van der Waals surface area contributed by atoms with Gasteiger partial charge in [-0.3, -0.25) is 4.79 Å². The number of amides is 1. The minimum Gasteiger partial charge on any atom is -0.330 e. The molecule has 1 aliphatic rings. The molecule has 0 aliphatic carbocycles. The van der Waals surface area contributed by atoms with Crippen LogP contribution in [0.3, 0.4) is 0 Å². The Hall–Kier alpha value is -1.00. The number of carbonyl (C=O) groups excluding carboxylic acids is 1. The summed E-state index contributed by atoms with van der Waals surface area (Å²) in [4.78, 5) is 13.7. The highest BCUT2D eigenvalue weighted by molar-refractivity contribution is 7.80. The smallest absolute Gasteiger partial charge is 0.227 e. The van der Waals surface area contributed by atoms with Gasteiger partial charge in [0.1, 0.15) is 0 Å². The largest absolute Gasteiger partial charge is 0.330 e. The van der Waals surface area contributed by atoms with Crippen LogP contribution in [0.25, 0.3) is 0 Å². The second-order valence-corrected chi connectivity index (χ2v) is 4.83. The number of benzene rings is 1. The highest BCUT2D eigenvalue weighted by atomic mass is 32.1. The van der Waals surface area contributed by atoms with Gasteiger partial charge in [0.25, 0.3) is 0 Å². The van der Waals surface area contributed by atoms with Crippen molar-refractivity contribution in [2.24, 2.45) is 11.7 Å². The maximum atomic E-state index is 11.8. The Labute approximate surface area is 107 Å². The Morgan fingerprint density at radius 2 is 2.06 bits per heavy atom. The monoisotopic (exact) mass is 250 g/mol. The van der Waals surface area contributed by atoms with Gasteiger partial charge in [-0.15, -0.1) is 0 Å². The van der Waals surface area contributed by atoms with Gasteiger partial charge >= 0.3 is 0 Å². The Morgan fingerprint density at radius 1 is 1.35 bits per heavy atom. The molecule has 1 fully saturated rings. The quantitative estimate of drug-likeness (QED) is 0.795. The van der Waals surface area contributed by atoms with Gasteiger partial charge < -0.3 is 10.6 Å². The molecule has 4 heteroatoms. The van der Waals surface area contributed by atoms with Crippen LogP contribution in [0.15, 0.2) is 24.3 Å². The zero-order valence-corrected chi connectivity index (χ0v) is 10.7. The van der Waals surface area contributed by atoms with Gasteiger partial charge in [-0.05, 0) is 42.3 Å². The fourth-order valence-electron chi connectivity index (χ4n) is 2.16. The van der Waals surface area contributed by atoms with Crippen LogP contribution in [0.4, 0.5) is 5.69 Å². The van der Waals surface area contributed by atoms with Crippen LogP contribution < -0.4 is 10.6 Å². The topological polar surface area (TPSA) is 46.3 Å². The molecule has 17 heavy (non-hydrogen) atoms. The van der Waals surface area contributed by atoms with Crippen molar-refractivity contribution in [2.75, 3.05) is 23.7 Å². The van der Waals surface area contributed by atoms with Crippen molar-refractivity contribution in [1.29, 1.82) is 0 Å². The summed E-state index contributed by atoms with van der Waals surface area (Å²) >= 11 is 4.26. The van der Waals surface area contributed by atoms with Gasteiger partial charge in [0.05, 0.1) is 0 Å². The predicted octanol–water partition coefficient (Wildman–Crippen LogP) is 1.47. The number of hydrogen-bond acceptors (Lipinski definition) is 3. The van der Waals surface area contributed by atoms with E-state index >= 15 is 0 Å².